The van der Waals surface area contributed by atoms with Crippen LogP contribution in [0.15, 0.2) is 30.3 Å². The van der Waals surface area contributed by atoms with Crippen LogP contribution in [0, 0.1) is 17.2 Å². The van der Waals surface area contributed by atoms with Crippen molar-refractivity contribution in [2.75, 3.05) is 13.1 Å². The topological polar surface area (TPSA) is 87.2 Å². The maximum Gasteiger partial charge on any atom is 0.244 e. The Hall–Kier alpha value is -2.35. The van der Waals surface area contributed by atoms with Crippen LogP contribution in [-0.4, -0.2) is 29.8 Å². The number of nitriles is 1. The lowest BCUT2D eigenvalue weighted by Crippen LogP contribution is -2.41. The summed E-state index contributed by atoms with van der Waals surface area (Å²) in [5.41, 5.74) is 5.93. The van der Waals surface area contributed by atoms with E-state index in [4.69, 9.17) is 5.73 Å². The monoisotopic (exact) mass is 285 g/mol. The molecule has 1 fully saturated rings. The summed E-state index contributed by atoms with van der Waals surface area (Å²) < 4.78 is 0. The maximum absolute atomic E-state index is 12.5. The molecule has 2 rings (SSSR count). The van der Waals surface area contributed by atoms with Crippen molar-refractivity contribution in [3.63, 3.8) is 0 Å². The molecule has 1 aromatic rings. The number of nitrogens with two attached hydrogens (primary N) is 1. The molecule has 0 aliphatic carbocycles. The van der Waals surface area contributed by atoms with Gasteiger partial charge in [0.1, 0.15) is 5.92 Å². The van der Waals surface area contributed by atoms with Crippen molar-refractivity contribution in [3.05, 3.63) is 35.9 Å². The van der Waals surface area contributed by atoms with Gasteiger partial charge in [-0.1, -0.05) is 30.3 Å². The highest BCUT2D eigenvalue weighted by molar-refractivity contribution is 5.86. The number of primary amides is 1. The molecule has 5 heteroatoms. The first-order chi connectivity index (χ1) is 10.1. The first-order valence-corrected chi connectivity index (χ1v) is 7.13. The minimum Gasteiger partial charge on any atom is -0.370 e. The molecular weight excluding hydrogens is 266 g/mol. The quantitative estimate of drug-likeness (QED) is 0.907. The molecule has 1 aliphatic heterocycles. The van der Waals surface area contributed by atoms with Crippen molar-refractivity contribution in [1.29, 1.82) is 5.26 Å². The van der Waals surface area contributed by atoms with Gasteiger partial charge in [-0.2, -0.15) is 5.26 Å². The maximum atomic E-state index is 12.5. The van der Waals surface area contributed by atoms with Gasteiger partial charge >= 0.3 is 0 Å². The lowest BCUT2D eigenvalue weighted by molar-refractivity contribution is -0.133. The molecule has 2 amide bonds. The smallest absolute Gasteiger partial charge is 0.244 e. The van der Waals surface area contributed by atoms with Crippen LogP contribution in [0.3, 0.4) is 0 Å². The Morgan fingerprint density at radius 2 is 1.90 bits per heavy atom. The molecule has 1 saturated heterocycles. The fourth-order valence-corrected chi connectivity index (χ4v) is 2.74. The zero-order valence-corrected chi connectivity index (χ0v) is 11.9. The van der Waals surface area contributed by atoms with Crippen molar-refractivity contribution < 1.29 is 9.59 Å². The van der Waals surface area contributed by atoms with Gasteiger partial charge in [-0.05, 0) is 24.3 Å². The third-order valence-electron chi connectivity index (χ3n) is 3.93. The predicted octanol–water partition coefficient (Wildman–Crippen LogP) is 1.41. The number of piperidine rings is 1. The van der Waals surface area contributed by atoms with Crippen molar-refractivity contribution in [1.82, 2.24) is 4.90 Å². The number of rotatable bonds is 4. The second-order valence-corrected chi connectivity index (χ2v) is 5.41. The molecule has 0 saturated carbocycles. The number of likely N-dealkylation sites (tertiary alicyclic amines) is 1. The average Bonchev–Trinajstić information content (AvgIpc) is 2.49. The average molecular weight is 285 g/mol. The van der Waals surface area contributed by atoms with Gasteiger partial charge in [-0.3, -0.25) is 9.59 Å². The number of nitrogens with zero attached hydrogens (tertiary/aromatic N) is 2. The van der Waals surface area contributed by atoms with E-state index in [1.54, 1.807) is 17.0 Å². The molecule has 0 bridgehead atoms. The van der Waals surface area contributed by atoms with E-state index in [9.17, 15) is 14.9 Å². The van der Waals surface area contributed by atoms with E-state index >= 15 is 0 Å². The standard InChI is InChI=1S/C16H19N3O2/c17-11-14(13-4-2-1-3-5-13)16(21)19-8-6-12(7-9-19)10-15(18)20/h1-5,12,14H,6-10H2,(H2,18,20). The summed E-state index contributed by atoms with van der Waals surface area (Å²) in [4.78, 5) is 25.1. The molecule has 1 heterocycles. The second kappa shape index (κ2) is 6.89. The molecule has 2 N–H and O–H groups in total. The van der Waals surface area contributed by atoms with E-state index in [1.807, 2.05) is 18.2 Å². The zero-order chi connectivity index (χ0) is 15.2. The molecule has 110 valence electrons. The van der Waals surface area contributed by atoms with E-state index < -0.39 is 5.92 Å². The number of hydrogen-bond donors (Lipinski definition) is 1. The largest absolute Gasteiger partial charge is 0.370 e. The van der Waals surface area contributed by atoms with Gasteiger partial charge in [0.05, 0.1) is 6.07 Å². The minimum atomic E-state index is -0.751. The highest BCUT2D eigenvalue weighted by atomic mass is 16.2. The Balaban J connectivity index is 1.98. The number of carbonyl (C=O) groups excluding carboxylic acids is 2. The molecule has 0 radical (unpaired) electrons. The van der Waals surface area contributed by atoms with Crippen LogP contribution in [-0.2, 0) is 9.59 Å². The van der Waals surface area contributed by atoms with Crippen LogP contribution >= 0.6 is 0 Å². The SMILES string of the molecule is N#CC(C(=O)N1CCC(CC(N)=O)CC1)c1ccccc1. The Kier molecular flexibility index (Phi) is 4.94. The molecule has 5 nitrogen and oxygen atoms in total. The summed E-state index contributed by atoms with van der Waals surface area (Å²) in [7, 11) is 0. The van der Waals surface area contributed by atoms with Crippen LogP contribution < -0.4 is 5.73 Å². The summed E-state index contributed by atoms with van der Waals surface area (Å²) in [5.74, 6) is -0.942. The number of carbonyl (C=O) groups is 2. The molecule has 0 spiro atoms. The van der Waals surface area contributed by atoms with Crippen molar-refractivity contribution in [3.8, 4) is 6.07 Å². The summed E-state index contributed by atoms with van der Waals surface area (Å²) in [6.07, 6.45) is 1.91. The van der Waals surface area contributed by atoms with Gasteiger partial charge in [0, 0.05) is 19.5 Å². The van der Waals surface area contributed by atoms with Gasteiger partial charge in [0.15, 0.2) is 0 Å². The first-order valence-electron chi connectivity index (χ1n) is 7.13. The lowest BCUT2D eigenvalue weighted by atomic mass is 9.91. The van der Waals surface area contributed by atoms with Gasteiger partial charge in [-0.15, -0.1) is 0 Å². The normalized spacial score (nSPS) is 17.0. The van der Waals surface area contributed by atoms with Gasteiger partial charge in [0.25, 0.3) is 0 Å². The molecule has 21 heavy (non-hydrogen) atoms. The molecule has 1 aromatic carbocycles. The highest BCUT2D eigenvalue weighted by Gasteiger charge is 2.29. The Morgan fingerprint density at radius 1 is 1.29 bits per heavy atom. The molecule has 1 aliphatic rings. The number of amides is 2. The van der Waals surface area contributed by atoms with Crippen molar-refractivity contribution in [2.45, 2.75) is 25.2 Å². The molecular formula is C16H19N3O2. The summed E-state index contributed by atoms with van der Waals surface area (Å²) in [6.45, 7) is 1.17. The Labute approximate surface area is 124 Å². The van der Waals surface area contributed by atoms with Crippen LogP contribution in [0.25, 0.3) is 0 Å². The summed E-state index contributed by atoms with van der Waals surface area (Å²) in [6, 6.07) is 11.2. The molecule has 1 unspecified atom stereocenters. The minimum absolute atomic E-state index is 0.152. The third kappa shape index (κ3) is 3.82. The van der Waals surface area contributed by atoms with Gasteiger partial charge < -0.3 is 10.6 Å². The Morgan fingerprint density at radius 3 is 2.43 bits per heavy atom. The van der Waals surface area contributed by atoms with E-state index in [0.717, 1.165) is 18.4 Å². The van der Waals surface area contributed by atoms with Crippen molar-refractivity contribution in [2.24, 2.45) is 11.7 Å². The van der Waals surface area contributed by atoms with Gasteiger partial charge in [-0.25, -0.2) is 0 Å². The van der Waals surface area contributed by atoms with Crippen LogP contribution in [0.4, 0.5) is 0 Å². The number of benzene rings is 1. The lowest BCUT2D eigenvalue weighted by Gasteiger charge is -2.32. The predicted molar refractivity (Wildman–Crippen MR) is 77.9 cm³/mol. The molecule has 0 aromatic heterocycles. The fraction of sp³-hybridized carbons (Fsp3) is 0.438. The van der Waals surface area contributed by atoms with Crippen LogP contribution in [0.1, 0.15) is 30.7 Å². The van der Waals surface area contributed by atoms with Crippen LogP contribution in [0.5, 0.6) is 0 Å². The summed E-state index contributed by atoms with van der Waals surface area (Å²) in [5, 5.41) is 9.29. The Bertz CT molecular complexity index is 542. The second-order valence-electron chi connectivity index (χ2n) is 5.41. The zero-order valence-electron chi connectivity index (χ0n) is 11.9. The summed E-state index contributed by atoms with van der Waals surface area (Å²) >= 11 is 0. The van der Waals surface area contributed by atoms with Gasteiger partial charge in [0.2, 0.25) is 11.8 Å². The van der Waals surface area contributed by atoms with E-state index in [-0.39, 0.29) is 17.7 Å². The molecule has 1 atom stereocenters. The number of hydrogen-bond acceptors (Lipinski definition) is 3. The van der Waals surface area contributed by atoms with Crippen LogP contribution in [0.2, 0.25) is 0 Å². The van der Waals surface area contributed by atoms with Crippen molar-refractivity contribution >= 4 is 11.8 Å². The van der Waals surface area contributed by atoms with E-state index in [1.165, 1.54) is 0 Å². The first kappa shape index (κ1) is 15.0. The third-order valence-corrected chi connectivity index (χ3v) is 3.93. The fourth-order valence-electron chi connectivity index (χ4n) is 2.74. The van der Waals surface area contributed by atoms with E-state index in [2.05, 4.69) is 6.07 Å². The van der Waals surface area contributed by atoms with E-state index in [0.29, 0.717) is 19.5 Å². The highest BCUT2D eigenvalue weighted by Crippen LogP contribution is 2.24.